The Kier molecular flexibility index (Phi) is 7.78. The van der Waals surface area contributed by atoms with Crippen LogP contribution in [-0.4, -0.2) is 43.7 Å². The number of benzene rings is 1. The topological polar surface area (TPSA) is 103 Å². The molecule has 0 radical (unpaired) electrons. The SMILES string of the molecule is COc1cc(C(=O)N[C@H]2CCCNC2)c([N+](=O)[O-])cc1OC(F)F.Cl. The van der Waals surface area contributed by atoms with Gasteiger partial charge >= 0.3 is 6.61 Å². The first-order valence-electron chi connectivity index (χ1n) is 7.25. The van der Waals surface area contributed by atoms with Crippen LogP contribution in [0.5, 0.6) is 11.5 Å². The minimum Gasteiger partial charge on any atom is -0.493 e. The number of hydrogen-bond acceptors (Lipinski definition) is 6. The predicted molar refractivity (Wildman–Crippen MR) is 86.9 cm³/mol. The highest BCUT2D eigenvalue weighted by Crippen LogP contribution is 2.35. The van der Waals surface area contributed by atoms with Gasteiger partial charge in [0.2, 0.25) is 0 Å². The Morgan fingerprint density at radius 1 is 1.44 bits per heavy atom. The quantitative estimate of drug-likeness (QED) is 0.578. The molecular weight excluding hydrogens is 364 g/mol. The van der Waals surface area contributed by atoms with Crippen LogP contribution in [0.1, 0.15) is 23.2 Å². The first-order chi connectivity index (χ1) is 11.4. The second-order valence-corrected chi connectivity index (χ2v) is 5.17. The molecule has 0 aliphatic carbocycles. The Bertz CT molecular complexity index is 627. The zero-order valence-corrected chi connectivity index (χ0v) is 14.1. The zero-order valence-electron chi connectivity index (χ0n) is 13.3. The van der Waals surface area contributed by atoms with E-state index >= 15 is 0 Å². The van der Waals surface area contributed by atoms with Gasteiger partial charge in [0, 0.05) is 18.7 Å². The summed E-state index contributed by atoms with van der Waals surface area (Å²) in [6.07, 6.45) is 1.62. The standard InChI is InChI=1S/C14H17F2N3O5.ClH/c1-23-11-5-9(13(20)18-8-3-2-4-17-7-8)10(19(21)22)6-12(11)24-14(15)16;/h5-6,8,14,17H,2-4,7H2,1H3,(H,18,20);1H/t8-;/m0./s1. The van der Waals surface area contributed by atoms with Crippen LogP contribution in [0.15, 0.2) is 12.1 Å². The molecule has 11 heteroatoms. The fourth-order valence-electron chi connectivity index (χ4n) is 2.47. The summed E-state index contributed by atoms with van der Waals surface area (Å²) in [7, 11) is 1.19. The highest BCUT2D eigenvalue weighted by atomic mass is 35.5. The van der Waals surface area contributed by atoms with Crippen molar-refractivity contribution in [3.8, 4) is 11.5 Å². The third-order valence-electron chi connectivity index (χ3n) is 3.57. The fourth-order valence-corrected chi connectivity index (χ4v) is 2.47. The Morgan fingerprint density at radius 3 is 2.68 bits per heavy atom. The van der Waals surface area contributed by atoms with Crippen LogP contribution >= 0.6 is 12.4 Å². The van der Waals surface area contributed by atoms with Gasteiger partial charge in [-0.3, -0.25) is 14.9 Å². The molecule has 0 aromatic heterocycles. The van der Waals surface area contributed by atoms with Crippen molar-refractivity contribution in [2.45, 2.75) is 25.5 Å². The first kappa shape index (κ1) is 20.8. The van der Waals surface area contributed by atoms with Gasteiger partial charge in [0.05, 0.1) is 18.1 Å². The molecule has 8 nitrogen and oxygen atoms in total. The molecular formula is C14H18ClF2N3O5. The summed E-state index contributed by atoms with van der Waals surface area (Å²) in [6.45, 7) is -1.77. The Morgan fingerprint density at radius 2 is 2.16 bits per heavy atom. The molecule has 0 saturated carbocycles. The molecule has 1 aromatic rings. The average molecular weight is 382 g/mol. The molecule has 2 rings (SSSR count). The lowest BCUT2D eigenvalue weighted by Gasteiger charge is -2.23. The van der Waals surface area contributed by atoms with E-state index in [1.165, 1.54) is 7.11 Å². The lowest BCUT2D eigenvalue weighted by Crippen LogP contribution is -2.45. The highest BCUT2D eigenvalue weighted by molar-refractivity contribution is 5.99. The highest BCUT2D eigenvalue weighted by Gasteiger charge is 2.27. The van der Waals surface area contributed by atoms with E-state index in [9.17, 15) is 23.7 Å². The van der Waals surface area contributed by atoms with E-state index < -0.39 is 28.9 Å². The Hall–Kier alpha value is -2.20. The molecule has 140 valence electrons. The maximum Gasteiger partial charge on any atom is 0.387 e. The van der Waals surface area contributed by atoms with Crippen LogP contribution < -0.4 is 20.1 Å². The maximum atomic E-state index is 12.4. The van der Waals surface area contributed by atoms with Crippen LogP contribution in [0.2, 0.25) is 0 Å². The molecule has 25 heavy (non-hydrogen) atoms. The number of methoxy groups -OCH3 is 1. The number of ether oxygens (including phenoxy) is 2. The van der Waals surface area contributed by atoms with E-state index in [4.69, 9.17) is 4.74 Å². The minimum atomic E-state index is -3.17. The molecule has 1 aliphatic rings. The monoisotopic (exact) mass is 381 g/mol. The molecule has 1 amide bonds. The van der Waals surface area contributed by atoms with Gasteiger partial charge in [0.15, 0.2) is 11.5 Å². The number of piperidine rings is 1. The summed E-state index contributed by atoms with van der Waals surface area (Å²) in [5, 5.41) is 17.0. The number of nitro groups is 1. The van der Waals surface area contributed by atoms with Gasteiger partial charge < -0.3 is 20.1 Å². The molecule has 0 bridgehead atoms. The lowest BCUT2D eigenvalue weighted by molar-refractivity contribution is -0.385. The summed E-state index contributed by atoms with van der Waals surface area (Å²) in [5.74, 6) is -1.36. The van der Waals surface area contributed by atoms with Crippen molar-refractivity contribution in [3.05, 3.63) is 27.8 Å². The number of nitrogens with one attached hydrogen (secondary N) is 2. The van der Waals surface area contributed by atoms with Crippen molar-refractivity contribution in [1.82, 2.24) is 10.6 Å². The average Bonchev–Trinajstić information content (AvgIpc) is 2.54. The van der Waals surface area contributed by atoms with E-state index in [-0.39, 0.29) is 29.8 Å². The second-order valence-electron chi connectivity index (χ2n) is 5.17. The number of halogens is 3. The summed E-state index contributed by atoms with van der Waals surface area (Å²) < 4.78 is 33.9. The van der Waals surface area contributed by atoms with Gasteiger partial charge in [-0.25, -0.2) is 0 Å². The van der Waals surface area contributed by atoms with E-state index in [1.54, 1.807) is 0 Å². The van der Waals surface area contributed by atoms with E-state index in [1.807, 2.05) is 0 Å². The Labute approximate surface area is 148 Å². The van der Waals surface area contributed by atoms with Crippen molar-refractivity contribution in [3.63, 3.8) is 0 Å². The number of carbonyl (C=O) groups excluding carboxylic acids is 1. The summed E-state index contributed by atoms with van der Waals surface area (Å²) in [4.78, 5) is 22.7. The molecule has 1 saturated heterocycles. The smallest absolute Gasteiger partial charge is 0.387 e. The molecule has 0 unspecified atom stereocenters. The van der Waals surface area contributed by atoms with Gasteiger partial charge in [-0.05, 0) is 19.4 Å². The van der Waals surface area contributed by atoms with E-state index in [0.717, 1.165) is 31.5 Å². The van der Waals surface area contributed by atoms with Gasteiger partial charge in [-0.15, -0.1) is 12.4 Å². The largest absolute Gasteiger partial charge is 0.493 e. The number of alkyl halides is 2. The molecule has 1 heterocycles. The number of hydrogen-bond donors (Lipinski definition) is 2. The van der Waals surface area contributed by atoms with Crippen LogP contribution in [0, 0.1) is 10.1 Å². The number of nitro benzene ring substituents is 1. The van der Waals surface area contributed by atoms with Crippen molar-refractivity contribution >= 4 is 24.0 Å². The number of amides is 1. The molecule has 0 spiro atoms. The number of nitrogens with zero attached hydrogens (tertiary/aromatic N) is 1. The van der Waals surface area contributed by atoms with Crippen molar-refractivity contribution in [2.75, 3.05) is 20.2 Å². The summed E-state index contributed by atoms with van der Waals surface area (Å²) in [5.41, 5.74) is -0.906. The number of carbonyl (C=O) groups is 1. The van der Waals surface area contributed by atoms with Crippen molar-refractivity contribution in [1.29, 1.82) is 0 Å². The first-order valence-corrected chi connectivity index (χ1v) is 7.25. The molecule has 2 N–H and O–H groups in total. The van der Waals surface area contributed by atoms with Gasteiger partial charge in [0.25, 0.3) is 11.6 Å². The third-order valence-corrected chi connectivity index (χ3v) is 3.57. The fraction of sp³-hybridized carbons (Fsp3) is 0.500. The molecule has 1 atom stereocenters. The molecule has 1 aliphatic heterocycles. The Balaban J connectivity index is 0.00000312. The van der Waals surface area contributed by atoms with Crippen LogP contribution in [0.3, 0.4) is 0 Å². The molecule has 1 fully saturated rings. The summed E-state index contributed by atoms with van der Waals surface area (Å²) >= 11 is 0. The molecule has 1 aromatic carbocycles. The van der Waals surface area contributed by atoms with Crippen molar-refractivity contribution < 1.29 is 28.0 Å². The predicted octanol–water partition coefficient (Wildman–Crippen LogP) is 2.11. The third kappa shape index (κ3) is 5.40. The van der Waals surface area contributed by atoms with Crippen molar-refractivity contribution in [2.24, 2.45) is 0 Å². The normalized spacial score (nSPS) is 16.7. The van der Waals surface area contributed by atoms with E-state index in [0.29, 0.717) is 6.54 Å². The minimum absolute atomic E-state index is 0. The van der Waals surface area contributed by atoms with Gasteiger partial charge in [-0.2, -0.15) is 8.78 Å². The van der Waals surface area contributed by atoms with Crippen LogP contribution in [0.25, 0.3) is 0 Å². The van der Waals surface area contributed by atoms with Gasteiger partial charge in [-0.1, -0.05) is 0 Å². The zero-order chi connectivity index (χ0) is 17.7. The van der Waals surface area contributed by atoms with Crippen LogP contribution in [0.4, 0.5) is 14.5 Å². The maximum absolute atomic E-state index is 12.4. The number of rotatable bonds is 6. The van der Waals surface area contributed by atoms with Crippen LogP contribution in [-0.2, 0) is 0 Å². The second kappa shape index (κ2) is 9.33. The lowest BCUT2D eigenvalue weighted by atomic mass is 10.1. The van der Waals surface area contributed by atoms with Gasteiger partial charge in [0.1, 0.15) is 5.56 Å². The summed E-state index contributed by atoms with van der Waals surface area (Å²) in [6, 6.07) is 1.63. The van der Waals surface area contributed by atoms with E-state index in [2.05, 4.69) is 15.4 Å².